The van der Waals surface area contributed by atoms with Crippen molar-refractivity contribution in [1.29, 1.82) is 0 Å². The van der Waals surface area contributed by atoms with Crippen LogP contribution >= 0.6 is 15.9 Å². The summed E-state index contributed by atoms with van der Waals surface area (Å²) in [6.07, 6.45) is -7.85. The minimum absolute atomic E-state index is 0.0652. The molecule has 0 spiro atoms. The maximum atomic E-state index is 13.5. The second kappa shape index (κ2) is 10.4. The van der Waals surface area contributed by atoms with Crippen molar-refractivity contribution in [3.05, 3.63) is 52.0 Å². The maximum Gasteiger partial charge on any atom is 0.416 e. The van der Waals surface area contributed by atoms with Gasteiger partial charge in [0.1, 0.15) is 22.0 Å². The van der Waals surface area contributed by atoms with Crippen LogP contribution in [0.3, 0.4) is 0 Å². The van der Waals surface area contributed by atoms with Crippen LogP contribution in [0.4, 0.5) is 27.8 Å². The van der Waals surface area contributed by atoms with E-state index in [4.69, 9.17) is 9.47 Å². The molecule has 2 atom stereocenters. The van der Waals surface area contributed by atoms with Crippen LogP contribution in [0, 0.1) is 13.8 Å². The molecule has 1 aromatic carbocycles. The molecule has 0 bridgehead atoms. The van der Waals surface area contributed by atoms with E-state index in [1.165, 1.54) is 13.0 Å². The third-order valence-electron chi connectivity index (χ3n) is 6.49. The molecule has 1 saturated heterocycles. The van der Waals surface area contributed by atoms with Gasteiger partial charge in [-0.05, 0) is 50.8 Å². The number of halogens is 6. The van der Waals surface area contributed by atoms with Crippen molar-refractivity contribution in [1.82, 2.24) is 15.3 Å². The average molecular weight is 593 g/mol. The van der Waals surface area contributed by atoms with E-state index in [-0.39, 0.29) is 54.5 Å². The van der Waals surface area contributed by atoms with Crippen molar-refractivity contribution in [2.75, 3.05) is 18.5 Å². The highest BCUT2D eigenvalue weighted by Gasteiger charge is 2.53. The lowest BCUT2D eigenvalue weighted by Gasteiger charge is -2.25. The standard InChI is InChI=1S/C24H26BrF5N4O3/c1-11-14(5-4-6-15(11)24(28,29)30)12(2)31-19-16(21-36-9-10-37-21)18(32-13(3)33-19)17(25)20(35)34-23(7-8-23)22(26)27/h4-6,12,17,21-22H,7-10H2,1-3H3,(H,34,35)(H,31,32,33)/t12-,17?/m1/s1. The third kappa shape index (κ3) is 5.73. The van der Waals surface area contributed by atoms with Crippen LogP contribution in [0.5, 0.6) is 0 Å². The highest BCUT2D eigenvalue weighted by Crippen LogP contribution is 2.43. The fourth-order valence-corrected chi connectivity index (χ4v) is 4.80. The summed E-state index contributed by atoms with van der Waals surface area (Å²) >= 11 is 3.29. The Morgan fingerprint density at radius 1 is 1.16 bits per heavy atom. The topological polar surface area (TPSA) is 85.4 Å². The molecule has 1 amide bonds. The largest absolute Gasteiger partial charge is 0.416 e. The molecule has 2 aromatic rings. The predicted octanol–water partition coefficient (Wildman–Crippen LogP) is 5.68. The van der Waals surface area contributed by atoms with Gasteiger partial charge >= 0.3 is 6.18 Å². The van der Waals surface area contributed by atoms with E-state index in [0.29, 0.717) is 5.56 Å². The number of rotatable bonds is 8. The van der Waals surface area contributed by atoms with Crippen LogP contribution in [0.25, 0.3) is 0 Å². The van der Waals surface area contributed by atoms with E-state index < -0.39 is 46.8 Å². The summed E-state index contributed by atoms with van der Waals surface area (Å²) in [7, 11) is 0. The lowest BCUT2D eigenvalue weighted by atomic mass is 9.97. The van der Waals surface area contributed by atoms with E-state index >= 15 is 0 Å². The van der Waals surface area contributed by atoms with Gasteiger partial charge in [0.05, 0.1) is 36.1 Å². The van der Waals surface area contributed by atoms with E-state index in [9.17, 15) is 26.7 Å². The second-order valence-corrected chi connectivity index (χ2v) is 10.1. The number of ether oxygens (including phenoxy) is 2. The SMILES string of the molecule is Cc1nc(N[C@H](C)c2cccc(C(F)(F)F)c2C)c(C2OCCO2)c(C(Br)C(=O)NC2(C(F)F)CC2)n1. The molecular weight excluding hydrogens is 567 g/mol. The molecule has 1 unspecified atom stereocenters. The minimum atomic E-state index is -4.51. The zero-order chi connectivity index (χ0) is 27.1. The molecule has 1 aliphatic carbocycles. The number of aryl methyl sites for hydroxylation is 1. The van der Waals surface area contributed by atoms with E-state index in [1.807, 2.05) is 0 Å². The van der Waals surface area contributed by atoms with Crippen molar-refractivity contribution in [2.45, 2.75) is 68.9 Å². The van der Waals surface area contributed by atoms with Gasteiger partial charge in [0.25, 0.3) is 6.43 Å². The Hall–Kier alpha value is -2.38. The molecular formula is C24H26BrF5N4O3. The van der Waals surface area contributed by atoms with Crippen LogP contribution in [-0.4, -0.2) is 41.1 Å². The molecule has 2 fully saturated rings. The van der Waals surface area contributed by atoms with Crippen molar-refractivity contribution in [2.24, 2.45) is 0 Å². The highest BCUT2D eigenvalue weighted by atomic mass is 79.9. The van der Waals surface area contributed by atoms with E-state index in [0.717, 1.165) is 6.07 Å². The Morgan fingerprint density at radius 3 is 2.38 bits per heavy atom. The number of carbonyl (C=O) groups is 1. The van der Waals surface area contributed by atoms with Crippen molar-refractivity contribution in [3.8, 4) is 0 Å². The summed E-state index contributed by atoms with van der Waals surface area (Å²) in [6, 6.07) is 3.30. The average Bonchev–Trinajstić information content (AvgIpc) is 3.40. The van der Waals surface area contributed by atoms with Crippen LogP contribution in [0.2, 0.25) is 0 Å². The Morgan fingerprint density at radius 2 is 1.81 bits per heavy atom. The van der Waals surface area contributed by atoms with Crippen molar-refractivity contribution >= 4 is 27.7 Å². The summed E-state index contributed by atoms with van der Waals surface area (Å²) < 4.78 is 78.5. The molecule has 2 N–H and O–H groups in total. The summed E-state index contributed by atoms with van der Waals surface area (Å²) in [6.45, 7) is 5.17. The Labute approximate surface area is 218 Å². The number of benzene rings is 1. The summed E-state index contributed by atoms with van der Waals surface area (Å²) in [5.41, 5.74) is -1.42. The number of aromatic nitrogens is 2. The number of nitrogens with zero attached hydrogens (tertiary/aromatic N) is 2. The molecule has 4 rings (SSSR count). The van der Waals surface area contributed by atoms with Gasteiger partial charge in [-0.2, -0.15) is 13.2 Å². The number of carbonyl (C=O) groups excluding carboxylic acids is 1. The van der Waals surface area contributed by atoms with Crippen LogP contribution in [0.15, 0.2) is 18.2 Å². The first-order chi connectivity index (χ1) is 17.3. The Kier molecular flexibility index (Phi) is 7.78. The van der Waals surface area contributed by atoms with Gasteiger partial charge < -0.3 is 20.1 Å². The molecule has 1 saturated carbocycles. The van der Waals surface area contributed by atoms with Crippen molar-refractivity contribution < 1.29 is 36.2 Å². The number of amides is 1. The van der Waals surface area contributed by atoms with Gasteiger partial charge in [-0.3, -0.25) is 4.79 Å². The number of hydrogen-bond acceptors (Lipinski definition) is 6. The second-order valence-electron chi connectivity index (χ2n) is 9.18. The molecule has 1 aliphatic heterocycles. The maximum absolute atomic E-state index is 13.5. The van der Waals surface area contributed by atoms with Crippen molar-refractivity contribution in [3.63, 3.8) is 0 Å². The lowest BCUT2D eigenvalue weighted by Crippen LogP contribution is -2.43. The van der Waals surface area contributed by atoms with Gasteiger partial charge in [0, 0.05) is 0 Å². The normalized spacial score (nSPS) is 19.1. The van der Waals surface area contributed by atoms with Gasteiger partial charge in [-0.25, -0.2) is 18.7 Å². The Balaban J connectivity index is 1.70. The first-order valence-corrected chi connectivity index (χ1v) is 12.5. The fraction of sp³-hybridized carbons (Fsp3) is 0.542. The van der Waals surface area contributed by atoms with Crippen LogP contribution in [-0.2, 0) is 20.4 Å². The van der Waals surface area contributed by atoms with Gasteiger partial charge in [-0.15, -0.1) is 0 Å². The van der Waals surface area contributed by atoms with E-state index in [2.05, 4.69) is 36.5 Å². The van der Waals surface area contributed by atoms with E-state index in [1.54, 1.807) is 19.9 Å². The van der Waals surface area contributed by atoms with Gasteiger partial charge in [-0.1, -0.05) is 28.1 Å². The first kappa shape index (κ1) is 27.6. The van der Waals surface area contributed by atoms with Gasteiger partial charge in [0.2, 0.25) is 5.91 Å². The molecule has 2 heterocycles. The molecule has 7 nitrogen and oxygen atoms in total. The lowest BCUT2D eigenvalue weighted by molar-refractivity contribution is -0.138. The first-order valence-electron chi connectivity index (χ1n) is 11.6. The third-order valence-corrected chi connectivity index (χ3v) is 7.34. The fourth-order valence-electron chi connectivity index (χ4n) is 4.34. The molecule has 37 heavy (non-hydrogen) atoms. The summed E-state index contributed by atoms with van der Waals surface area (Å²) in [5.74, 6) is -0.256. The number of hydrogen-bond donors (Lipinski definition) is 2. The zero-order valence-corrected chi connectivity index (χ0v) is 21.8. The number of nitrogens with one attached hydrogen (secondary N) is 2. The van der Waals surface area contributed by atoms with Gasteiger partial charge in [0.15, 0.2) is 6.29 Å². The van der Waals surface area contributed by atoms with Crippen LogP contribution in [0.1, 0.15) is 70.7 Å². The highest BCUT2D eigenvalue weighted by molar-refractivity contribution is 9.09. The molecule has 2 aliphatic rings. The molecule has 1 aromatic heterocycles. The minimum Gasteiger partial charge on any atom is -0.363 e. The molecule has 13 heteroatoms. The monoisotopic (exact) mass is 592 g/mol. The summed E-state index contributed by atoms with van der Waals surface area (Å²) in [5, 5.41) is 5.54. The predicted molar refractivity (Wildman–Crippen MR) is 127 cm³/mol. The number of alkyl halides is 6. The van der Waals surface area contributed by atoms with Crippen LogP contribution < -0.4 is 10.6 Å². The summed E-state index contributed by atoms with van der Waals surface area (Å²) in [4.78, 5) is 20.6. The zero-order valence-electron chi connectivity index (χ0n) is 20.3. The smallest absolute Gasteiger partial charge is 0.363 e. The molecule has 202 valence electrons. The number of anilines is 1. The Bertz CT molecular complexity index is 1170. The quantitative estimate of drug-likeness (QED) is 0.303. The molecule has 0 radical (unpaired) electrons.